The van der Waals surface area contributed by atoms with Crippen LogP contribution >= 0.6 is 45.2 Å². The van der Waals surface area contributed by atoms with Crippen LogP contribution in [0.5, 0.6) is 46.0 Å². The lowest BCUT2D eigenvalue weighted by Crippen LogP contribution is -2.50. The second-order valence-corrected chi connectivity index (χ2v) is 25.7. The number of morpholine rings is 1. The van der Waals surface area contributed by atoms with E-state index in [0.717, 1.165) is 31.5 Å². The number of nitrogens with zero attached hydrogens (tertiary/aromatic N) is 3. The minimum absolute atomic E-state index is 0.0733. The molecule has 0 spiro atoms. The van der Waals surface area contributed by atoms with Crippen molar-refractivity contribution in [3.63, 3.8) is 0 Å². The second-order valence-electron chi connectivity index (χ2n) is 23.2. The molecular formula is C70H87I2N5O19. The van der Waals surface area contributed by atoms with E-state index in [1.54, 1.807) is 82.6 Å². The van der Waals surface area contributed by atoms with Gasteiger partial charge in [0.1, 0.15) is 43.6 Å². The lowest BCUT2D eigenvalue weighted by molar-refractivity contribution is -0.162. The zero-order chi connectivity index (χ0) is 68.7. The van der Waals surface area contributed by atoms with Gasteiger partial charge in [-0.25, -0.2) is 9.59 Å². The second kappa shape index (κ2) is 37.4. The first kappa shape index (κ1) is 74.4. The molecule has 0 aromatic heterocycles. The standard InChI is InChI=1S/C70H87I2N5O19/c1-86-57-36-48(37-58(87-2)65(57)90-5)63(71)67(82)76-26-9-7-17-53(76)69(84)95-55(22-20-44-19-21-47(40-78)50(33-44)41-79)45-13-11-15-51(34-45)93-42-61(80)73-24-25-74-62(81)43-94-52-16-12-14-46(35-52)56(23-28-75-29-31-92-32-30-75)96-70(85)54-18-8-10-27-77(54)68(83)64(72)49-38-59(88-3)66(91-6)60(39-49)89-4/h11-16,19,21,33-39,53-56,63-64,78-79H,7-10,17-18,20,22-32,40-43H2,1-6H3,(H,73,80)(H,74,81)/t53-,54-,55+,56+,63-,64-/m0/s1. The molecule has 96 heavy (non-hydrogen) atoms. The summed E-state index contributed by atoms with van der Waals surface area (Å²) in [4.78, 5) is 89.3. The first-order chi connectivity index (χ1) is 46.5. The predicted octanol–water partition coefficient (Wildman–Crippen LogP) is 8.05. The van der Waals surface area contributed by atoms with Crippen molar-refractivity contribution < 1.29 is 91.1 Å². The van der Waals surface area contributed by atoms with E-state index in [1.165, 1.54) is 42.7 Å². The summed E-state index contributed by atoms with van der Waals surface area (Å²) >= 11 is 4.14. The number of esters is 2. The number of ether oxygens (including phenoxy) is 11. The number of carbonyl (C=O) groups is 6. The molecule has 520 valence electrons. The molecule has 0 bridgehead atoms. The van der Waals surface area contributed by atoms with Gasteiger partial charge in [0.15, 0.2) is 36.2 Å². The third-order valence-electron chi connectivity index (χ3n) is 17.1. The van der Waals surface area contributed by atoms with Gasteiger partial charge in [0.25, 0.3) is 11.8 Å². The van der Waals surface area contributed by atoms with Crippen LogP contribution in [0.1, 0.15) is 110 Å². The maximum Gasteiger partial charge on any atom is 0.329 e. The number of alkyl halides is 2. The summed E-state index contributed by atoms with van der Waals surface area (Å²) in [6, 6.07) is 24.5. The molecule has 0 unspecified atom stereocenters. The topological polar surface area (TPSA) is 278 Å². The minimum Gasteiger partial charge on any atom is -0.493 e. The Morgan fingerprint density at radius 1 is 0.531 bits per heavy atom. The van der Waals surface area contributed by atoms with E-state index >= 15 is 0 Å². The van der Waals surface area contributed by atoms with E-state index in [2.05, 4.69) is 60.7 Å². The van der Waals surface area contributed by atoms with Gasteiger partial charge in [-0.15, -0.1) is 0 Å². The number of aliphatic hydroxyl groups is 2. The largest absolute Gasteiger partial charge is 0.493 e. The van der Waals surface area contributed by atoms with Crippen molar-refractivity contribution in [3.8, 4) is 46.0 Å². The molecule has 3 heterocycles. The van der Waals surface area contributed by atoms with Gasteiger partial charge in [-0.05, 0) is 139 Å². The van der Waals surface area contributed by atoms with Crippen LogP contribution < -0.4 is 48.5 Å². The fourth-order valence-corrected chi connectivity index (χ4v) is 13.4. The maximum absolute atomic E-state index is 14.5. The number of nitrogens with one attached hydrogen (secondary N) is 2. The average Bonchev–Trinajstić information content (AvgIpc) is 0.815. The molecule has 3 fully saturated rings. The highest BCUT2D eigenvalue weighted by atomic mass is 127. The van der Waals surface area contributed by atoms with E-state index in [0.29, 0.717) is 157 Å². The summed E-state index contributed by atoms with van der Waals surface area (Å²) in [7, 11) is 9.02. The number of hydrogen-bond acceptors (Lipinski definition) is 20. The predicted molar refractivity (Wildman–Crippen MR) is 370 cm³/mol. The Labute approximate surface area is 587 Å². The Morgan fingerprint density at radius 2 is 0.979 bits per heavy atom. The summed E-state index contributed by atoms with van der Waals surface area (Å²) in [6.45, 7) is 2.89. The smallest absolute Gasteiger partial charge is 0.329 e. The van der Waals surface area contributed by atoms with Crippen LogP contribution in [-0.4, -0.2) is 187 Å². The molecule has 5 aromatic rings. The number of rotatable bonds is 33. The number of carbonyl (C=O) groups excluding carboxylic acids is 6. The Morgan fingerprint density at radius 3 is 1.41 bits per heavy atom. The van der Waals surface area contributed by atoms with Crippen molar-refractivity contribution in [1.82, 2.24) is 25.3 Å². The molecule has 4 amide bonds. The van der Waals surface area contributed by atoms with Gasteiger partial charge in [0.2, 0.25) is 23.3 Å². The number of halogens is 2. The Bertz CT molecular complexity index is 3400. The van der Waals surface area contributed by atoms with E-state index in [4.69, 9.17) is 52.1 Å². The Hall–Kier alpha value is -7.38. The first-order valence-corrected chi connectivity index (χ1v) is 34.6. The number of likely N-dealkylation sites (tertiary alicyclic amines) is 2. The van der Waals surface area contributed by atoms with Gasteiger partial charge in [-0.3, -0.25) is 24.1 Å². The molecule has 0 radical (unpaired) electrons. The van der Waals surface area contributed by atoms with Crippen LogP contribution in [0.3, 0.4) is 0 Å². The molecule has 8 rings (SSSR count). The fourth-order valence-electron chi connectivity index (χ4n) is 11.9. The van der Waals surface area contributed by atoms with E-state index < -0.39 is 55.9 Å². The molecule has 3 saturated heterocycles. The van der Waals surface area contributed by atoms with Crippen LogP contribution in [-0.2, 0) is 62.6 Å². The molecule has 0 aliphatic carbocycles. The average molecular weight is 1560 g/mol. The van der Waals surface area contributed by atoms with Crippen LogP contribution in [0.4, 0.5) is 0 Å². The molecular weight excluding hydrogens is 1470 g/mol. The van der Waals surface area contributed by atoms with Crippen molar-refractivity contribution in [2.24, 2.45) is 0 Å². The zero-order valence-electron chi connectivity index (χ0n) is 55.1. The van der Waals surface area contributed by atoms with Gasteiger partial charge < -0.3 is 82.8 Å². The molecule has 6 atom stereocenters. The van der Waals surface area contributed by atoms with Crippen molar-refractivity contribution in [2.45, 2.75) is 103 Å². The van der Waals surface area contributed by atoms with Crippen molar-refractivity contribution in [3.05, 3.63) is 130 Å². The molecule has 4 N–H and O–H groups in total. The van der Waals surface area contributed by atoms with E-state index in [9.17, 15) is 39.0 Å². The molecule has 0 saturated carbocycles. The van der Waals surface area contributed by atoms with E-state index in [1.807, 2.05) is 18.2 Å². The summed E-state index contributed by atoms with van der Waals surface area (Å²) in [5.41, 5.74) is 4.48. The van der Waals surface area contributed by atoms with Gasteiger partial charge >= 0.3 is 11.9 Å². The van der Waals surface area contributed by atoms with Crippen LogP contribution in [0.25, 0.3) is 0 Å². The van der Waals surface area contributed by atoms with Crippen molar-refractivity contribution in [1.29, 1.82) is 0 Å². The Balaban J connectivity index is 0.854. The van der Waals surface area contributed by atoms with E-state index in [-0.39, 0.29) is 51.3 Å². The maximum atomic E-state index is 14.5. The summed E-state index contributed by atoms with van der Waals surface area (Å²) in [6.07, 6.45) is 3.27. The molecule has 26 heteroatoms. The molecule has 3 aliphatic heterocycles. The normalized spacial score (nSPS) is 16.9. The molecule has 5 aromatic carbocycles. The van der Waals surface area contributed by atoms with Crippen LogP contribution in [0.2, 0.25) is 0 Å². The molecule has 3 aliphatic rings. The van der Waals surface area contributed by atoms with Crippen molar-refractivity contribution >= 4 is 80.7 Å². The third kappa shape index (κ3) is 19.9. The minimum atomic E-state index is -0.883. The van der Waals surface area contributed by atoms with Crippen LogP contribution in [0.15, 0.2) is 91.0 Å². The first-order valence-electron chi connectivity index (χ1n) is 32.1. The third-order valence-corrected chi connectivity index (χ3v) is 19.6. The quantitative estimate of drug-likeness (QED) is 0.0134. The number of piperidine rings is 2. The zero-order valence-corrected chi connectivity index (χ0v) is 59.4. The monoisotopic (exact) mass is 1560 g/mol. The van der Waals surface area contributed by atoms with Gasteiger partial charge in [-0.2, -0.15) is 0 Å². The fraction of sp³-hybridized carbons (Fsp3) is 0.486. The number of amides is 4. The number of hydrogen-bond donors (Lipinski definition) is 4. The summed E-state index contributed by atoms with van der Waals surface area (Å²) in [5.74, 6) is 0.551. The highest BCUT2D eigenvalue weighted by molar-refractivity contribution is 14.1. The Kier molecular flexibility index (Phi) is 29.0. The number of aryl methyl sites for hydroxylation is 1. The van der Waals surface area contributed by atoms with Crippen molar-refractivity contribution in [2.75, 3.05) is 115 Å². The lowest BCUT2D eigenvalue weighted by atomic mass is 9.97. The highest BCUT2D eigenvalue weighted by Gasteiger charge is 2.40. The van der Waals surface area contributed by atoms with Gasteiger partial charge in [-0.1, -0.05) is 87.6 Å². The number of methoxy groups -OCH3 is 6. The summed E-state index contributed by atoms with van der Waals surface area (Å²) < 4.78 is 62.1. The van der Waals surface area contributed by atoms with Gasteiger partial charge in [0, 0.05) is 52.2 Å². The van der Waals surface area contributed by atoms with Gasteiger partial charge in [0.05, 0.1) is 69.1 Å². The lowest BCUT2D eigenvalue weighted by Gasteiger charge is -2.36. The summed E-state index contributed by atoms with van der Waals surface area (Å²) in [5, 5.41) is 25.4. The van der Waals surface area contributed by atoms with Crippen LogP contribution in [0, 0.1) is 0 Å². The highest BCUT2D eigenvalue weighted by Crippen LogP contribution is 2.44. The SMILES string of the molecule is COc1cc([C@H](I)C(=O)N2CCCC[C@H]2C(=O)O[C@H](CCc2ccc(CO)c(CO)c2)c2cccc(OCC(=O)NCCNC(=O)COc3cccc([C@@H](CCN4CCOCC4)OC(=O)[C@@H]4CCCCN4C(=O)[C@@H](I)c4cc(OC)c(OC)c(OC)c4)c3)c2)cc(OC)c1OC. The number of benzene rings is 5. The molecule has 24 nitrogen and oxygen atoms in total. The number of aliphatic hydroxyl groups excluding tert-OH is 2.